The number of ketones is 1. The van der Waals surface area contributed by atoms with Gasteiger partial charge in [-0.05, 0) is 34.4 Å². The van der Waals surface area contributed by atoms with Gasteiger partial charge in [0.1, 0.15) is 5.78 Å². The maximum absolute atomic E-state index is 10.3. The highest BCUT2D eigenvalue weighted by Crippen LogP contribution is 1.80. The van der Waals surface area contributed by atoms with E-state index in [0.717, 1.165) is 13.1 Å². The molecule has 0 aliphatic rings. The summed E-state index contributed by atoms with van der Waals surface area (Å²) in [6.45, 7) is 18.9. The lowest BCUT2D eigenvalue weighted by atomic mass is 10.4. The zero-order chi connectivity index (χ0) is 25.9. The van der Waals surface area contributed by atoms with Crippen LogP contribution in [0.5, 0.6) is 0 Å². The maximum Gasteiger partial charge on any atom is 0.219 e. The van der Waals surface area contributed by atoms with Crippen LogP contribution in [0.4, 0.5) is 0 Å². The van der Waals surface area contributed by atoms with Crippen LogP contribution in [0.15, 0.2) is 72.8 Å². The van der Waals surface area contributed by atoms with E-state index in [2.05, 4.69) is 31.4 Å². The summed E-state index contributed by atoms with van der Waals surface area (Å²) in [6, 6.07) is 24.0. The SMILES string of the molecule is CC.CC(C)=O.CCC.CCNC.CCNC(=O)CC.c1ccccc1.c1ccccc1. The Labute approximate surface area is 200 Å². The summed E-state index contributed by atoms with van der Waals surface area (Å²) >= 11 is 0. The van der Waals surface area contributed by atoms with Gasteiger partial charge in [-0.3, -0.25) is 4.79 Å². The fourth-order valence-electron chi connectivity index (χ4n) is 1.09. The molecule has 186 valence electrons. The Hall–Kier alpha value is -2.46. The first-order valence-corrected chi connectivity index (χ1v) is 11.8. The van der Waals surface area contributed by atoms with E-state index in [1.165, 1.54) is 20.3 Å². The van der Waals surface area contributed by atoms with Gasteiger partial charge < -0.3 is 15.4 Å². The molecule has 4 nitrogen and oxygen atoms in total. The topological polar surface area (TPSA) is 58.2 Å². The van der Waals surface area contributed by atoms with Crippen molar-refractivity contribution in [3.63, 3.8) is 0 Å². The highest BCUT2D eigenvalue weighted by molar-refractivity contribution is 5.75. The molecule has 1 amide bonds. The largest absolute Gasteiger partial charge is 0.356 e. The lowest BCUT2D eigenvalue weighted by Gasteiger charge is -1.93. The molecular formula is C28H52N2O2. The molecule has 0 heterocycles. The van der Waals surface area contributed by atoms with Gasteiger partial charge in [0.2, 0.25) is 5.91 Å². The molecule has 0 saturated heterocycles. The molecule has 2 aromatic carbocycles. The lowest BCUT2D eigenvalue weighted by molar-refractivity contribution is -0.120. The summed E-state index contributed by atoms with van der Waals surface area (Å²) in [6.07, 6.45) is 1.84. The number of rotatable bonds is 3. The number of hydrogen-bond acceptors (Lipinski definition) is 3. The summed E-state index contributed by atoms with van der Waals surface area (Å²) in [5, 5.41) is 5.59. The first-order valence-electron chi connectivity index (χ1n) is 11.8. The highest BCUT2D eigenvalue weighted by atomic mass is 16.1. The molecule has 0 saturated carbocycles. The first kappa shape index (κ1) is 40.0. The zero-order valence-corrected chi connectivity index (χ0v) is 22.6. The molecule has 0 atom stereocenters. The van der Waals surface area contributed by atoms with E-state index in [1.807, 2.05) is 108 Å². The van der Waals surface area contributed by atoms with Gasteiger partial charge in [-0.15, -0.1) is 0 Å². The third-order valence-corrected chi connectivity index (χ3v) is 2.38. The molecule has 0 aliphatic carbocycles. The van der Waals surface area contributed by atoms with Crippen molar-refractivity contribution in [2.75, 3.05) is 20.1 Å². The van der Waals surface area contributed by atoms with E-state index in [4.69, 9.17) is 0 Å². The number of Topliss-reactive ketones (excluding diaryl/α,β-unsaturated/α-hetero) is 1. The van der Waals surface area contributed by atoms with Crippen LogP contribution in [0.1, 0.15) is 75.2 Å². The van der Waals surface area contributed by atoms with Gasteiger partial charge in [-0.1, -0.05) is 121 Å². The third-order valence-electron chi connectivity index (χ3n) is 2.38. The molecule has 0 unspecified atom stereocenters. The van der Waals surface area contributed by atoms with Crippen LogP contribution in [0.25, 0.3) is 0 Å². The molecular weight excluding hydrogens is 396 g/mol. The Kier molecular flexibility index (Phi) is 58.3. The fraction of sp³-hybridized carbons (Fsp3) is 0.500. The van der Waals surface area contributed by atoms with E-state index >= 15 is 0 Å². The Morgan fingerprint density at radius 3 is 0.844 bits per heavy atom. The first-order chi connectivity index (χ1) is 15.4. The van der Waals surface area contributed by atoms with E-state index in [-0.39, 0.29) is 11.7 Å². The van der Waals surface area contributed by atoms with Crippen molar-refractivity contribution in [1.82, 2.24) is 10.6 Å². The van der Waals surface area contributed by atoms with Crippen LogP contribution in [-0.2, 0) is 9.59 Å². The molecule has 0 aliphatic heterocycles. The van der Waals surface area contributed by atoms with Crippen LogP contribution in [-0.4, -0.2) is 31.8 Å². The molecule has 2 N–H and O–H groups in total. The van der Waals surface area contributed by atoms with Gasteiger partial charge in [-0.2, -0.15) is 0 Å². The van der Waals surface area contributed by atoms with Gasteiger partial charge in [0.25, 0.3) is 0 Å². The lowest BCUT2D eigenvalue weighted by Crippen LogP contribution is -2.20. The second kappa shape index (κ2) is 46.7. The number of benzene rings is 2. The Morgan fingerprint density at radius 2 is 0.781 bits per heavy atom. The number of hydrogen-bond donors (Lipinski definition) is 2. The Morgan fingerprint density at radius 1 is 0.594 bits per heavy atom. The fourth-order valence-corrected chi connectivity index (χ4v) is 1.09. The van der Waals surface area contributed by atoms with Gasteiger partial charge >= 0.3 is 0 Å². The summed E-state index contributed by atoms with van der Waals surface area (Å²) in [5.74, 6) is 0.294. The van der Waals surface area contributed by atoms with Crippen molar-refractivity contribution in [3.8, 4) is 0 Å². The minimum atomic E-state index is 0.127. The average Bonchev–Trinajstić information content (AvgIpc) is 2.84. The van der Waals surface area contributed by atoms with Gasteiger partial charge in [-0.25, -0.2) is 0 Å². The molecule has 0 radical (unpaired) electrons. The number of carbonyl (C=O) groups excluding carboxylic acids is 2. The van der Waals surface area contributed by atoms with Crippen molar-refractivity contribution in [1.29, 1.82) is 0 Å². The summed E-state index contributed by atoms with van der Waals surface area (Å²) in [4.78, 5) is 19.7. The highest BCUT2D eigenvalue weighted by Gasteiger charge is 1.88. The zero-order valence-electron chi connectivity index (χ0n) is 22.6. The minimum absolute atomic E-state index is 0.127. The molecule has 2 rings (SSSR count). The molecule has 0 spiro atoms. The molecule has 0 bridgehead atoms. The van der Waals surface area contributed by atoms with E-state index in [0.29, 0.717) is 6.42 Å². The van der Waals surface area contributed by atoms with Crippen molar-refractivity contribution < 1.29 is 9.59 Å². The summed E-state index contributed by atoms with van der Waals surface area (Å²) in [5.41, 5.74) is 0. The van der Waals surface area contributed by atoms with Crippen molar-refractivity contribution in [3.05, 3.63) is 72.8 Å². The van der Waals surface area contributed by atoms with Gasteiger partial charge in [0.15, 0.2) is 0 Å². The summed E-state index contributed by atoms with van der Waals surface area (Å²) < 4.78 is 0. The minimum Gasteiger partial charge on any atom is -0.356 e. The van der Waals surface area contributed by atoms with Crippen LogP contribution in [0, 0.1) is 0 Å². The van der Waals surface area contributed by atoms with Gasteiger partial charge in [0.05, 0.1) is 0 Å². The van der Waals surface area contributed by atoms with E-state index in [9.17, 15) is 9.59 Å². The van der Waals surface area contributed by atoms with Gasteiger partial charge in [0, 0.05) is 13.0 Å². The monoisotopic (exact) mass is 448 g/mol. The second-order valence-corrected chi connectivity index (χ2v) is 5.94. The standard InChI is InChI=1S/2C6H6.C5H11NO.C3H9N.C3H6O.C3H8.C2H6/c2*1-2-4-6-5-3-1;1-3-5(7)6-4-2;1-3-4-2;1-3(2)4;1-3-2;1-2/h2*1-6H;3-4H2,1-2H3,(H,6,7);4H,3H2,1-2H3;1-2H3;3H2,1-2H3;1-2H3. The Bertz CT molecular complexity index is 427. The van der Waals surface area contributed by atoms with Crippen molar-refractivity contribution in [2.45, 2.75) is 75.2 Å². The number of carbonyl (C=O) groups is 2. The van der Waals surface area contributed by atoms with Crippen LogP contribution in [0.3, 0.4) is 0 Å². The summed E-state index contributed by atoms with van der Waals surface area (Å²) in [7, 11) is 1.93. The van der Waals surface area contributed by atoms with E-state index in [1.54, 1.807) is 0 Å². The van der Waals surface area contributed by atoms with Crippen LogP contribution < -0.4 is 10.6 Å². The molecule has 32 heavy (non-hydrogen) atoms. The number of amides is 1. The quantitative estimate of drug-likeness (QED) is 0.523. The predicted octanol–water partition coefficient (Wildman–Crippen LogP) is 7.17. The Balaban J connectivity index is -0.0000000916. The predicted molar refractivity (Wildman–Crippen MR) is 145 cm³/mol. The van der Waals surface area contributed by atoms with Crippen molar-refractivity contribution >= 4 is 11.7 Å². The number of nitrogens with one attached hydrogen (secondary N) is 2. The van der Waals surface area contributed by atoms with Crippen LogP contribution >= 0.6 is 0 Å². The van der Waals surface area contributed by atoms with Crippen molar-refractivity contribution in [2.24, 2.45) is 0 Å². The average molecular weight is 449 g/mol. The third kappa shape index (κ3) is 80.3. The molecule has 0 fully saturated rings. The molecule has 4 heteroatoms. The second-order valence-electron chi connectivity index (χ2n) is 5.94. The molecule has 2 aromatic rings. The molecule has 0 aromatic heterocycles. The van der Waals surface area contributed by atoms with Crippen LogP contribution in [0.2, 0.25) is 0 Å². The normalized spacial score (nSPS) is 7.31. The smallest absolute Gasteiger partial charge is 0.219 e. The maximum atomic E-state index is 10.3. The van der Waals surface area contributed by atoms with E-state index < -0.39 is 0 Å².